The van der Waals surface area contributed by atoms with Crippen molar-refractivity contribution in [3.8, 4) is 0 Å². The molecule has 3 fully saturated rings. The summed E-state index contributed by atoms with van der Waals surface area (Å²) in [5.74, 6) is 2.14. The third-order valence-corrected chi connectivity index (χ3v) is 5.43. The normalized spacial score (nSPS) is 67.0. The Bertz CT molecular complexity index is 337. The summed E-state index contributed by atoms with van der Waals surface area (Å²) >= 11 is 0. The van der Waals surface area contributed by atoms with Gasteiger partial charge < -0.3 is 9.84 Å². The predicted octanol–water partition coefficient (Wildman–Crippen LogP) is 1.35. The molecule has 0 radical (unpaired) electrons. The van der Waals surface area contributed by atoms with Crippen LogP contribution in [0.2, 0.25) is 0 Å². The minimum absolute atomic E-state index is 0.0861. The fourth-order valence-electron chi connectivity index (χ4n) is 5.07. The summed E-state index contributed by atoms with van der Waals surface area (Å²) in [6.07, 6.45) is 7.85. The first-order valence-electron chi connectivity index (χ1n) is 5.67. The van der Waals surface area contributed by atoms with Gasteiger partial charge in [-0.2, -0.15) is 0 Å². The molecule has 14 heavy (non-hydrogen) atoms. The summed E-state index contributed by atoms with van der Waals surface area (Å²) in [4.78, 5) is 0. The molecule has 0 aromatic heterocycles. The summed E-state index contributed by atoms with van der Waals surface area (Å²) < 4.78 is 5.84. The Balaban J connectivity index is 1.86. The molecule has 0 saturated heterocycles. The van der Waals surface area contributed by atoms with Gasteiger partial charge in [0.25, 0.3) is 0 Å². The molecule has 76 valence electrons. The molecule has 0 amide bonds. The molecule has 0 aliphatic heterocycles. The Hall–Kier alpha value is -0.340. The summed E-state index contributed by atoms with van der Waals surface area (Å²) in [5.41, 5.74) is 0.339. The summed E-state index contributed by atoms with van der Waals surface area (Å²) in [7, 11) is 1.86. The van der Waals surface area contributed by atoms with E-state index in [1.54, 1.807) is 0 Å². The van der Waals surface area contributed by atoms with Gasteiger partial charge in [-0.3, -0.25) is 0 Å². The number of hydrogen-bond acceptors (Lipinski definition) is 2. The number of hydrogen-bond donors (Lipinski definition) is 1. The quantitative estimate of drug-likeness (QED) is 0.635. The molecule has 4 aliphatic rings. The van der Waals surface area contributed by atoms with Crippen LogP contribution < -0.4 is 0 Å². The lowest BCUT2D eigenvalue weighted by molar-refractivity contribution is -0.0179. The molecule has 0 aromatic carbocycles. The molecule has 6 atom stereocenters. The van der Waals surface area contributed by atoms with Gasteiger partial charge in [-0.1, -0.05) is 12.2 Å². The number of aliphatic hydroxyl groups excluding tert-OH is 1. The minimum atomic E-state index is -0.0861. The highest BCUT2D eigenvalue weighted by atomic mass is 16.5. The van der Waals surface area contributed by atoms with Crippen molar-refractivity contribution < 1.29 is 9.84 Å². The molecule has 0 aromatic rings. The Labute approximate surface area is 83.9 Å². The van der Waals surface area contributed by atoms with Crippen LogP contribution >= 0.6 is 0 Å². The Morgan fingerprint density at radius 3 is 3.07 bits per heavy atom. The highest BCUT2D eigenvalue weighted by Gasteiger charge is 2.83. The van der Waals surface area contributed by atoms with Gasteiger partial charge >= 0.3 is 0 Å². The van der Waals surface area contributed by atoms with Crippen LogP contribution in [0.5, 0.6) is 0 Å². The minimum Gasteiger partial charge on any atom is -0.393 e. The van der Waals surface area contributed by atoms with Crippen LogP contribution in [0.15, 0.2) is 12.2 Å². The second kappa shape index (κ2) is 1.96. The van der Waals surface area contributed by atoms with E-state index in [1.807, 2.05) is 7.11 Å². The third kappa shape index (κ3) is 0.516. The third-order valence-electron chi connectivity index (χ3n) is 5.43. The van der Waals surface area contributed by atoms with Gasteiger partial charge in [0.2, 0.25) is 0 Å². The van der Waals surface area contributed by atoms with E-state index in [4.69, 9.17) is 4.74 Å². The van der Waals surface area contributed by atoms with E-state index in [0.717, 1.165) is 18.8 Å². The zero-order chi connectivity index (χ0) is 9.55. The van der Waals surface area contributed by atoms with E-state index in [0.29, 0.717) is 11.8 Å². The van der Waals surface area contributed by atoms with Crippen molar-refractivity contribution in [3.63, 3.8) is 0 Å². The molecule has 1 N–H and O–H groups in total. The molecule has 0 heterocycles. The SMILES string of the molecule is CO[C@]12[C@@H]3C=C[C@]14C[C@H](O)C[C@@H]4C[C@@H]32. The molecule has 1 spiro atoms. The van der Waals surface area contributed by atoms with Crippen LogP contribution in [0, 0.1) is 23.2 Å². The number of rotatable bonds is 1. The summed E-state index contributed by atoms with van der Waals surface area (Å²) in [6, 6.07) is 0. The maximum Gasteiger partial charge on any atom is 0.0873 e. The monoisotopic (exact) mass is 192 g/mol. The van der Waals surface area contributed by atoms with Crippen LogP contribution in [-0.2, 0) is 4.74 Å². The lowest BCUT2D eigenvalue weighted by atomic mass is 9.76. The zero-order valence-electron chi connectivity index (χ0n) is 8.44. The fourth-order valence-corrected chi connectivity index (χ4v) is 5.07. The van der Waals surface area contributed by atoms with E-state index in [-0.39, 0.29) is 17.1 Å². The van der Waals surface area contributed by atoms with E-state index < -0.39 is 0 Å². The van der Waals surface area contributed by atoms with E-state index >= 15 is 0 Å². The van der Waals surface area contributed by atoms with Crippen LogP contribution in [0.1, 0.15) is 19.3 Å². The second-order valence-corrected chi connectivity index (χ2v) is 5.56. The molecule has 0 unspecified atom stereocenters. The largest absolute Gasteiger partial charge is 0.393 e. The van der Waals surface area contributed by atoms with Gasteiger partial charge in [0.1, 0.15) is 0 Å². The Morgan fingerprint density at radius 1 is 1.43 bits per heavy atom. The Kier molecular flexibility index (Phi) is 1.10. The first-order chi connectivity index (χ1) is 6.74. The number of ether oxygens (including phenoxy) is 1. The van der Waals surface area contributed by atoms with Crippen molar-refractivity contribution in [2.45, 2.75) is 31.0 Å². The van der Waals surface area contributed by atoms with Crippen molar-refractivity contribution in [2.75, 3.05) is 7.11 Å². The van der Waals surface area contributed by atoms with Crippen molar-refractivity contribution in [1.82, 2.24) is 0 Å². The topological polar surface area (TPSA) is 29.5 Å². The summed E-state index contributed by atoms with van der Waals surface area (Å²) in [6.45, 7) is 0. The number of aliphatic hydroxyl groups is 1. The van der Waals surface area contributed by atoms with Gasteiger partial charge in [0.15, 0.2) is 0 Å². The molecular weight excluding hydrogens is 176 g/mol. The first kappa shape index (κ1) is 7.89. The maximum absolute atomic E-state index is 9.81. The lowest BCUT2D eigenvalue weighted by Gasteiger charge is -2.33. The van der Waals surface area contributed by atoms with Crippen molar-refractivity contribution >= 4 is 0 Å². The standard InChI is InChI=1S/C12H16O2/c1-14-12-9-2-3-11(12)6-8(13)4-7(11)5-10(9)12/h2-3,7-10,13H,4-6H2,1H3/t7-,8-,9-,10+,11-,12+/m1/s1. The lowest BCUT2D eigenvalue weighted by Crippen LogP contribution is -2.36. The van der Waals surface area contributed by atoms with Crippen molar-refractivity contribution in [1.29, 1.82) is 0 Å². The molecule has 0 bridgehead atoms. The van der Waals surface area contributed by atoms with Gasteiger partial charge in [0.05, 0.1) is 11.7 Å². The van der Waals surface area contributed by atoms with Crippen LogP contribution in [0.25, 0.3) is 0 Å². The zero-order valence-corrected chi connectivity index (χ0v) is 8.44. The Morgan fingerprint density at radius 2 is 2.29 bits per heavy atom. The van der Waals surface area contributed by atoms with Crippen LogP contribution in [0.3, 0.4) is 0 Å². The van der Waals surface area contributed by atoms with E-state index in [1.165, 1.54) is 6.42 Å². The van der Waals surface area contributed by atoms with Crippen molar-refractivity contribution in [3.05, 3.63) is 12.2 Å². The molecule has 4 aliphatic carbocycles. The van der Waals surface area contributed by atoms with Gasteiger partial charge in [0, 0.05) is 18.4 Å². The highest BCUT2D eigenvalue weighted by Crippen LogP contribution is 2.81. The molecular formula is C12H16O2. The fraction of sp³-hybridized carbons (Fsp3) is 0.833. The molecule has 2 nitrogen and oxygen atoms in total. The number of methoxy groups -OCH3 is 1. The summed E-state index contributed by atoms with van der Waals surface area (Å²) in [5, 5.41) is 9.81. The van der Waals surface area contributed by atoms with Gasteiger partial charge in [-0.05, 0) is 31.1 Å². The average Bonchev–Trinajstić information content (AvgIpc) is 2.37. The molecule has 2 heteroatoms. The van der Waals surface area contributed by atoms with E-state index in [2.05, 4.69) is 12.2 Å². The average molecular weight is 192 g/mol. The van der Waals surface area contributed by atoms with Crippen LogP contribution in [0.4, 0.5) is 0 Å². The first-order valence-corrected chi connectivity index (χ1v) is 5.67. The van der Waals surface area contributed by atoms with E-state index in [9.17, 15) is 5.11 Å². The highest BCUT2D eigenvalue weighted by molar-refractivity contribution is 5.44. The predicted molar refractivity (Wildman–Crippen MR) is 51.6 cm³/mol. The maximum atomic E-state index is 9.81. The smallest absolute Gasteiger partial charge is 0.0873 e. The van der Waals surface area contributed by atoms with Crippen LogP contribution in [-0.4, -0.2) is 23.9 Å². The number of fused-ring (bicyclic) bond motifs is 1. The van der Waals surface area contributed by atoms with Gasteiger partial charge in [-0.25, -0.2) is 0 Å². The second-order valence-electron chi connectivity index (χ2n) is 5.56. The van der Waals surface area contributed by atoms with Gasteiger partial charge in [-0.15, -0.1) is 0 Å². The molecule has 3 saturated carbocycles. The van der Waals surface area contributed by atoms with Crippen molar-refractivity contribution in [2.24, 2.45) is 23.2 Å². The molecule has 4 rings (SSSR count).